The van der Waals surface area contributed by atoms with Gasteiger partial charge in [0.2, 0.25) is 5.95 Å². The van der Waals surface area contributed by atoms with E-state index in [9.17, 15) is 4.79 Å². The molecule has 4 N–H and O–H groups in total. The van der Waals surface area contributed by atoms with Gasteiger partial charge in [0.1, 0.15) is 0 Å². The summed E-state index contributed by atoms with van der Waals surface area (Å²) in [6.45, 7) is 4.20. The number of aromatic amines is 2. The first kappa shape index (κ1) is 15.6. The first-order valence-corrected chi connectivity index (χ1v) is 8.29. The maximum atomic E-state index is 12.1. The lowest BCUT2D eigenvalue weighted by atomic mass is 10.0. The summed E-state index contributed by atoms with van der Waals surface area (Å²) in [5.74, 6) is 0.189. The molecule has 0 atom stereocenters. The fourth-order valence-electron chi connectivity index (χ4n) is 3.28. The summed E-state index contributed by atoms with van der Waals surface area (Å²) < 4.78 is 0. The molecule has 0 aliphatic carbocycles. The number of nitrogens with zero attached hydrogens (tertiary/aromatic N) is 3. The molecular weight excluding hydrogens is 316 g/mol. The van der Waals surface area contributed by atoms with Crippen molar-refractivity contribution in [2.24, 2.45) is 0 Å². The molecule has 0 saturated carbocycles. The minimum Gasteiger partial charge on any atom is -0.369 e. The Morgan fingerprint density at radius 2 is 2.08 bits per heavy atom. The van der Waals surface area contributed by atoms with Crippen molar-refractivity contribution in [3.63, 3.8) is 0 Å². The van der Waals surface area contributed by atoms with Crippen molar-refractivity contribution in [3.8, 4) is 11.3 Å². The van der Waals surface area contributed by atoms with E-state index in [-0.39, 0.29) is 11.5 Å². The van der Waals surface area contributed by atoms with Crippen LogP contribution in [0, 0.1) is 6.92 Å². The zero-order chi connectivity index (χ0) is 17.4. The quantitative estimate of drug-likeness (QED) is 0.674. The van der Waals surface area contributed by atoms with E-state index in [0.29, 0.717) is 12.1 Å². The van der Waals surface area contributed by atoms with Gasteiger partial charge in [-0.3, -0.25) is 19.8 Å². The van der Waals surface area contributed by atoms with Crippen molar-refractivity contribution < 1.29 is 0 Å². The van der Waals surface area contributed by atoms with Crippen LogP contribution in [-0.4, -0.2) is 31.6 Å². The van der Waals surface area contributed by atoms with Crippen LogP contribution in [-0.2, 0) is 19.5 Å². The molecule has 7 heteroatoms. The van der Waals surface area contributed by atoms with E-state index in [0.717, 1.165) is 42.0 Å². The third-order valence-corrected chi connectivity index (χ3v) is 4.62. The number of aryl methyl sites for hydroxylation is 1. The number of nitrogens with one attached hydrogen (secondary N) is 2. The van der Waals surface area contributed by atoms with Crippen molar-refractivity contribution in [1.82, 2.24) is 25.1 Å². The second kappa shape index (κ2) is 6.18. The van der Waals surface area contributed by atoms with Gasteiger partial charge in [-0.15, -0.1) is 0 Å². The maximum Gasteiger partial charge on any atom is 0.257 e. The molecule has 0 saturated heterocycles. The lowest BCUT2D eigenvalue weighted by molar-refractivity contribution is 0.242. The molecular formula is C18H20N6O. The van der Waals surface area contributed by atoms with Gasteiger partial charge in [0.05, 0.1) is 23.1 Å². The van der Waals surface area contributed by atoms with Gasteiger partial charge < -0.3 is 5.73 Å². The Hall–Kier alpha value is -2.93. The minimum atomic E-state index is -0.141. The average molecular weight is 336 g/mol. The Morgan fingerprint density at radius 3 is 2.88 bits per heavy atom. The molecule has 4 rings (SSSR count). The largest absolute Gasteiger partial charge is 0.369 e. The molecule has 1 aliphatic heterocycles. The number of hydrogen-bond donors (Lipinski definition) is 3. The third-order valence-electron chi connectivity index (χ3n) is 4.62. The molecule has 2 aromatic heterocycles. The number of aromatic nitrogens is 4. The fraction of sp³-hybridized carbons (Fsp3) is 0.278. The molecule has 3 aromatic rings. The van der Waals surface area contributed by atoms with E-state index < -0.39 is 0 Å². The van der Waals surface area contributed by atoms with Crippen molar-refractivity contribution in [2.45, 2.75) is 26.4 Å². The highest BCUT2D eigenvalue weighted by atomic mass is 16.1. The molecule has 1 aromatic carbocycles. The summed E-state index contributed by atoms with van der Waals surface area (Å²) in [4.78, 5) is 21.2. The smallest absolute Gasteiger partial charge is 0.257 e. The van der Waals surface area contributed by atoms with Crippen molar-refractivity contribution in [3.05, 3.63) is 63.2 Å². The zero-order valence-electron chi connectivity index (χ0n) is 14.0. The molecule has 0 amide bonds. The maximum absolute atomic E-state index is 12.1. The van der Waals surface area contributed by atoms with E-state index in [4.69, 9.17) is 5.73 Å². The van der Waals surface area contributed by atoms with Crippen molar-refractivity contribution in [1.29, 1.82) is 0 Å². The molecule has 3 heterocycles. The van der Waals surface area contributed by atoms with E-state index >= 15 is 0 Å². The van der Waals surface area contributed by atoms with Crippen molar-refractivity contribution >= 4 is 5.95 Å². The van der Waals surface area contributed by atoms with Gasteiger partial charge in [-0.05, 0) is 12.5 Å². The molecule has 128 valence electrons. The van der Waals surface area contributed by atoms with Gasteiger partial charge in [0, 0.05) is 31.6 Å². The van der Waals surface area contributed by atoms with Gasteiger partial charge in [-0.1, -0.05) is 29.8 Å². The summed E-state index contributed by atoms with van der Waals surface area (Å²) >= 11 is 0. The molecule has 7 nitrogen and oxygen atoms in total. The predicted octanol–water partition coefficient (Wildman–Crippen LogP) is 1.61. The molecule has 25 heavy (non-hydrogen) atoms. The van der Waals surface area contributed by atoms with Crippen LogP contribution in [0.1, 0.15) is 22.4 Å². The summed E-state index contributed by atoms with van der Waals surface area (Å²) in [6.07, 6.45) is 2.58. The topological polar surface area (TPSA) is 104 Å². The molecule has 1 aliphatic rings. The van der Waals surface area contributed by atoms with E-state index in [1.807, 2.05) is 6.20 Å². The number of hydrogen-bond acceptors (Lipinski definition) is 5. The summed E-state index contributed by atoms with van der Waals surface area (Å²) in [7, 11) is 0. The van der Waals surface area contributed by atoms with Crippen LogP contribution in [0.5, 0.6) is 0 Å². The Labute approximate surface area is 144 Å². The number of H-pyrrole nitrogens is 2. The second-order valence-corrected chi connectivity index (χ2v) is 6.47. The standard InChI is InChI=1S/C18H20N6O/c1-11-2-4-12(5-3-11)16-13(8-20-23-16)9-24-7-6-15-14(10-24)17(25)22-18(19)21-15/h2-5,8H,6-7,9-10H2,1H3,(H,20,23)(H3,19,21,22,25). The van der Waals surface area contributed by atoms with Crippen LogP contribution in [0.25, 0.3) is 11.3 Å². The second-order valence-electron chi connectivity index (χ2n) is 6.47. The van der Waals surface area contributed by atoms with Crippen LogP contribution >= 0.6 is 0 Å². The summed E-state index contributed by atoms with van der Waals surface area (Å²) in [6, 6.07) is 8.37. The highest BCUT2D eigenvalue weighted by molar-refractivity contribution is 5.62. The van der Waals surface area contributed by atoms with Gasteiger partial charge >= 0.3 is 0 Å². The van der Waals surface area contributed by atoms with E-state index in [1.165, 1.54) is 5.56 Å². The van der Waals surface area contributed by atoms with Crippen LogP contribution < -0.4 is 11.3 Å². The number of anilines is 1. The number of nitrogens with two attached hydrogens (primary N) is 1. The first-order valence-electron chi connectivity index (χ1n) is 8.29. The Kier molecular flexibility index (Phi) is 3.85. The monoisotopic (exact) mass is 336 g/mol. The third kappa shape index (κ3) is 3.06. The Morgan fingerprint density at radius 1 is 1.28 bits per heavy atom. The van der Waals surface area contributed by atoms with Gasteiger partial charge in [0.25, 0.3) is 5.56 Å². The number of nitrogen functional groups attached to an aromatic ring is 1. The molecule has 0 bridgehead atoms. The molecule has 0 spiro atoms. The van der Waals surface area contributed by atoms with Gasteiger partial charge in [-0.2, -0.15) is 5.10 Å². The number of benzene rings is 1. The van der Waals surface area contributed by atoms with E-state index in [2.05, 4.69) is 56.3 Å². The number of rotatable bonds is 3. The molecule has 0 radical (unpaired) electrons. The molecule has 0 unspecified atom stereocenters. The summed E-state index contributed by atoms with van der Waals surface area (Å²) in [5.41, 5.74) is 11.5. The highest BCUT2D eigenvalue weighted by Crippen LogP contribution is 2.24. The fourth-order valence-corrected chi connectivity index (χ4v) is 3.28. The van der Waals surface area contributed by atoms with Gasteiger partial charge in [0.15, 0.2) is 0 Å². The van der Waals surface area contributed by atoms with Crippen LogP contribution in [0.3, 0.4) is 0 Å². The minimum absolute atomic E-state index is 0.141. The van der Waals surface area contributed by atoms with E-state index in [1.54, 1.807) is 0 Å². The lowest BCUT2D eigenvalue weighted by Gasteiger charge is -2.27. The van der Waals surface area contributed by atoms with Crippen LogP contribution in [0.2, 0.25) is 0 Å². The van der Waals surface area contributed by atoms with Crippen LogP contribution in [0.15, 0.2) is 35.3 Å². The number of fused-ring (bicyclic) bond motifs is 1. The average Bonchev–Trinajstić information content (AvgIpc) is 3.04. The van der Waals surface area contributed by atoms with Gasteiger partial charge in [-0.25, -0.2) is 4.98 Å². The van der Waals surface area contributed by atoms with Crippen molar-refractivity contribution in [2.75, 3.05) is 12.3 Å². The normalized spacial score (nSPS) is 14.4. The summed E-state index contributed by atoms with van der Waals surface area (Å²) in [5, 5.41) is 7.31. The zero-order valence-corrected chi connectivity index (χ0v) is 14.0. The Bertz CT molecular complexity index is 956. The Balaban J connectivity index is 1.57. The molecule has 0 fully saturated rings. The lowest BCUT2D eigenvalue weighted by Crippen LogP contribution is -2.35. The van der Waals surface area contributed by atoms with Crippen LogP contribution in [0.4, 0.5) is 5.95 Å². The predicted molar refractivity (Wildman–Crippen MR) is 95.8 cm³/mol. The first-order chi connectivity index (χ1) is 12.1. The SMILES string of the molecule is Cc1ccc(-c2[nH]ncc2CN2CCc3nc(N)[nH]c(=O)c3C2)cc1. The highest BCUT2D eigenvalue weighted by Gasteiger charge is 2.22.